The first-order chi connectivity index (χ1) is 12.0. The minimum atomic E-state index is -0.441. The third kappa shape index (κ3) is 5.00. The molecule has 1 aliphatic rings. The van der Waals surface area contributed by atoms with Crippen molar-refractivity contribution in [3.63, 3.8) is 0 Å². The average molecular weight is 365 g/mol. The molecule has 3 heterocycles. The molecule has 25 heavy (non-hydrogen) atoms. The van der Waals surface area contributed by atoms with Gasteiger partial charge in [0.25, 0.3) is 0 Å². The molecular formula is C16H20FN5O2S. The van der Waals surface area contributed by atoms with Crippen LogP contribution in [0, 0.1) is 5.82 Å². The molecule has 0 bridgehead atoms. The molecule has 2 aromatic heterocycles. The molecule has 7 nitrogen and oxygen atoms in total. The highest BCUT2D eigenvalue weighted by molar-refractivity contribution is 7.15. The van der Waals surface area contributed by atoms with Gasteiger partial charge in [-0.05, 0) is 6.92 Å². The maximum absolute atomic E-state index is 12.9. The number of carbonyl (C=O) groups excluding carboxylic acids is 1. The summed E-state index contributed by atoms with van der Waals surface area (Å²) in [5.41, 5.74) is 0. The van der Waals surface area contributed by atoms with Crippen molar-refractivity contribution in [1.82, 2.24) is 19.9 Å². The number of halogens is 1. The van der Waals surface area contributed by atoms with Crippen molar-refractivity contribution in [2.75, 3.05) is 18.5 Å². The van der Waals surface area contributed by atoms with Crippen molar-refractivity contribution in [3.8, 4) is 0 Å². The van der Waals surface area contributed by atoms with E-state index in [1.54, 1.807) is 6.20 Å². The van der Waals surface area contributed by atoms with Crippen molar-refractivity contribution in [2.45, 2.75) is 39.0 Å². The molecule has 0 unspecified atom stereocenters. The van der Waals surface area contributed by atoms with Gasteiger partial charge in [-0.15, -0.1) is 11.3 Å². The Morgan fingerprint density at radius 2 is 2.16 bits per heavy atom. The number of hydrogen-bond donors (Lipinski definition) is 1. The Hall–Kier alpha value is -1.97. The van der Waals surface area contributed by atoms with Crippen LogP contribution in [0.25, 0.3) is 0 Å². The zero-order valence-electron chi connectivity index (χ0n) is 14.1. The van der Waals surface area contributed by atoms with Gasteiger partial charge in [0.15, 0.2) is 10.9 Å². The number of anilines is 1. The summed E-state index contributed by atoms with van der Waals surface area (Å²) in [5.74, 6) is 0.00960. The van der Waals surface area contributed by atoms with Crippen LogP contribution in [-0.4, -0.2) is 51.1 Å². The molecule has 1 amide bonds. The largest absolute Gasteiger partial charge is 0.375 e. The van der Waals surface area contributed by atoms with Crippen LogP contribution in [0.4, 0.5) is 9.52 Å². The number of ether oxygens (including phenoxy) is 1. The lowest BCUT2D eigenvalue weighted by Crippen LogP contribution is -2.48. The van der Waals surface area contributed by atoms with Gasteiger partial charge in [0.1, 0.15) is 5.82 Å². The maximum Gasteiger partial charge on any atom is 0.223 e. The van der Waals surface area contributed by atoms with Gasteiger partial charge in [0.2, 0.25) is 5.91 Å². The van der Waals surface area contributed by atoms with Gasteiger partial charge in [-0.25, -0.2) is 19.3 Å². The zero-order chi connectivity index (χ0) is 17.8. The van der Waals surface area contributed by atoms with E-state index in [2.05, 4.69) is 32.1 Å². The van der Waals surface area contributed by atoms with Crippen molar-refractivity contribution >= 4 is 22.4 Å². The Labute approximate surface area is 149 Å². The molecule has 1 saturated heterocycles. The molecule has 0 aromatic carbocycles. The predicted octanol–water partition coefficient (Wildman–Crippen LogP) is 1.86. The third-order valence-corrected chi connectivity index (χ3v) is 4.81. The zero-order valence-corrected chi connectivity index (χ0v) is 14.9. The highest BCUT2D eigenvalue weighted by atomic mass is 32.1. The number of aromatic nitrogens is 3. The molecule has 0 radical (unpaired) electrons. The van der Waals surface area contributed by atoms with E-state index < -0.39 is 5.82 Å². The Balaban J connectivity index is 1.59. The van der Waals surface area contributed by atoms with Crippen LogP contribution in [0.1, 0.15) is 24.5 Å². The van der Waals surface area contributed by atoms with Crippen LogP contribution in [0.2, 0.25) is 0 Å². The first-order valence-electron chi connectivity index (χ1n) is 8.04. The Kier molecular flexibility index (Phi) is 5.67. The maximum atomic E-state index is 12.9. The summed E-state index contributed by atoms with van der Waals surface area (Å²) in [6, 6.07) is 0.275. The number of hydrogen-bond acceptors (Lipinski definition) is 7. The number of nitrogens with one attached hydrogen (secondary N) is 1. The minimum Gasteiger partial charge on any atom is -0.375 e. The second-order valence-electron chi connectivity index (χ2n) is 6.07. The Morgan fingerprint density at radius 1 is 1.40 bits per heavy atom. The van der Waals surface area contributed by atoms with Crippen LogP contribution in [0.3, 0.4) is 0 Å². The average Bonchev–Trinajstić information content (AvgIpc) is 2.99. The van der Waals surface area contributed by atoms with Crippen molar-refractivity contribution in [3.05, 3.63) is 35.1 Å². The van der Waals surface area contributed by atoms with E-state index in [1.807, 2.05) is 0 Å². The lowest BCUT2D eigenvalue weighted by atomic mass is 10.1. The van der Waals surface area contributed by atoms with Gasteiger partial charge in [0, 0.05) is 43.5 Å². The highest BCUT2D eigenvalue weighted by Crippen LogP contribution is 2.23. The molecule has 0 aliphatic carbocycles. The van der Waals surface area contributed by atoms with E-state index in [9.17, 15) is 9.18 Å². The van der Waals surface area contributed by atoms with Crippen LogP contribution in [0.15, 0.2) is 18.6 Å². The van der Waals surface area contributed by atoms with Crippen LogP contribution in [0.5, 0.6) is 0 Å². The number of nitrogens with zero attached hydrogens (tertiary/aromatic N) is 4. The second kappa shape index (κ2) is 7.94. The Morgan fingerprint density at radius 3 is 2.88 bits per heavy atom. The SMILES string of the molecule is CC(=O)Nc1ncc(CN2C[C@@H](Cc3ncc(F)cn3)OC[C@@H]2C)s1. The molecule has 1 N–H and O–H groups in total. The monoisotopic (exact) mass is 365 g/mol. The van der Waals surface area contributed by atoms with Crippen molar-refractivity contribution < 1.29 is 13.9 Å². The van der Waals surface area contributed by atoms with E-state index in [-0.39, 0.29) is 18.1 Å². The van der Waals surface area contributed by atoms with Gasteiger partial charge >= 0.3 is 0 Å². The first-order valence-corrected chi connectivity index (χ1v) is 8.85. The van der Waals surface area contributed by atoms with E-state index >= 15 is 0 Å². The van der Waals surface area contributed by atoms with Crippen molar-refractivity contribution in [1.29, 1.82) is 0 Å². The topological polar surface area (TPSA) is 80.2 Å². The number of thiazole rings is 1. The summed E-state index contributed by atoms with van der Waals surface area (Å²) < 4.78 is 18.8. The van der Waals surface area contributed by atoms with Gasteiger partial charge in [-0.1, -0.05) is 0 Å². The van der Waals surface area contributed by atoms with E-state index in [0.717, 1.165) is 18.0 Å². The van der Waals surface area contributed by atoms with Crippen LogP contribution < -0.4 is 5.32 Å². The van der Waals surface area contributed by atoms with Crippen LogP contribution >= 0.6 is 11.3 Å². The third-order valence-electron chi connectivity index (χ3n) is 3.91. The van der Waals surface area contributed by atoms with Gasteiger partial charge in [0.05, 0.1) is 25.1 Å². The number of rotatable bonds is 5. The molecule has 134 valence electrons. The molecule has 2 atom stereocenters. The lowest BCUT2D eigenvalue weighted by molar-refractivity contribution is -0.114. The van der Waals surface area contributed by atoms with Gasteiger partial charge < -0.3 is 10.1 Å². The molecular weight excluding hydrogens is 345 g/mol. The summed E-state index contributed by atoms with van der Waals surface area (Å²) in [4.78, 5) is 26.7. The first kappa shape index (κ1) is 17.8. The number of carbonyl (C=O) groups is 1. The summed E-state index contributed by atoms with van der Waals surface area (Å²) in [6.45, 7) is 5.66. The molecule has 0 spiro atoms. The summed E-state index contributed by atoms with van der Waals surface area (Å²) in [5, 5.41) is 3.31. The summed E-state index contributed by atoms with van der Waals surface area (Å²) in [6.07, 6.45) is 4.64. The van der Waals surface area contributed by atoms with Gasteiger partial charge in [-0.2, -0.15) is 0 Å². The molecule has 9 heteroatoms. The summed E-state index contributed by atoms with van der Waals surface area (Å²) in [7, 11) is 0. The molecule has 3 rings (SSSR count). The fourth-order valence-corrected chi connectivity index (χ4v) is 3.54. The second-order valence-corrected chi connectivity index (χ2v) is 7.18. The standard InChI is InChI=1S/C16H20FN5O2S/c1-10-9-24-13(3-15-18-4-12(17)5-19-15)7-22(10)8-14-6-20-16(25-14)21-11(2)23/h4-6,10,13H,3,7-9H2,1-2H3,(H,20,21,23)/t10-,13+/m0/s1. The van der Waals surface area contributed by atoms with Gasteiger partial charge in [-0.3, -0.25) is 9.69 Å². The Bertz CT molecular complexity index is 724. The lowest BCUT2D eigenvalue weighted by Gasteiger charge is -2.37. The minimum absolute atomic E-state index is 0.0376. The normalized spacial score (nSPS) is 21.2. The van der Waals surface area contributed by atoms with E-state index in [1.165, 1.54) is 30.7 Å². The number of amides is 1. The van der Waals surface area contributed by atoms with E-state index in [0.29, 0.717) is 24.0 Å². The smallest absolute Gasteiger partial charge is 0.223 e. The fourth-order valence-electron chi connectivity index (χ4n) is 2.66. The van der Waals surface area contributed by atoms with Crippen molar-refractivity contribution in [2.24, 2.45) is 0 Å². The molecule has 1 fully saturated rings. The predicted molar refractivity (Wildman–Crippen MR) is 91.7 cm³/mol. The van der Waals surface area contributed by atoms with Crippen LogP contribution in [-0.2, 0) is 22.5 Å². The molecule has 2 aromatic rings. The number of morpholine rings is 1. The molecule has 0 saturated carbocycles. The quantitative estimate of drug-likeness (QED) is 0.871. The summed E-state index contributed by atoms with van der Waals surface area (Å²) >= 11 is 1.47. The highest BCUT2D eigenvalue weighted by Gasteiger charge is 2.27. The molecule has 1 aliphatic heterocycles. The fraction of sp³-hybridized carbons (Fsp3) is 0.500. The van der Waals surface area contributed by atoms with E-state index in [4.69, 9.17) is 4.74 Å².